The van der Waals surface area contributed by atoms with Gasteiger partial charge in [0, 0.05) is 19.7 Å². The SMILES string of the molecule is CN1C(=O)CC(C)(c2cc(CC(=O)c3ccc(Br)o3)ccn2)N=C1N. The minimum atomic E-state index is -0.847. The summed E-state index contributed by atoms with van der Waals surface area (Å²) in [6.45, 7) is 1.81. The number of carbonyl (C=O) groups is 2. The van der Waals surface area contributed by atoms with Crippen molar-refractivity contribution in [3.63, 3.8) is 0 Å². The van der Waals surface area contributed by atoms with Crippen molar-refractivity contribution in [3.8, 4) is 0 Å². The molecular weight excluding hydrogens is 388 g/mol. The molecule has 0 saturated heterocycles. The zero-order valence-electron chi connectivity index (χ0n) is 13.8. The number of hydrogen-bond donors (Lipinski definition) is 1. The zero-order chi connectivity index (χ0) is 18.2. The Labute approximate surface area is 153 Å². The molecule has 1 amide bonds. The van der Waals surface area contributed by atoms with Crippen LogP contribution >= 0.6 is 15.9 Å². The van der Waals surface area contributed by atoms with Crippen LogP contribution in [0.4, 0.5) is 0 Å². The molecule has 1 unspecified atom stereocenters. The monoisotopic (exact) mass is 404 g/mol. The number of furan rings is 1. The lowest BCUT2D eigenvalue weighted by atomic mass is 9.90. The molecule has 0 fully saturated rings. The average Bonchev–Trinajstić information content (AvgIpc) is 2.99. The second-order valence-corrected chi connectivity index (χ2v) is 6.91. The average molecular weight is 405 g/mol. The summed E-state index contributed by atoms with van der Waals surface area (Å²) in [7, 11) is 1.59. The quantitative estimate of drug-likeness (QED) is 0.787. The third kappa shape index (κ3) is 3.48. The summed E-state index contributed by atoms with van der Waals surface area (Å²) in [5, 5.41) is 0. The van der Waals surface area contributed by atoms with Gasteiger partial charge in [-0.05, 0) is 52.7 Å². The Morgan fingerprint density at radius 1 is 1.44 bits per heavy atom. The minimum Gasteiger partial charge on any atom is -0.446 e. The molecule has 8 heteroatoms. The standard InChI is InChI=1S/C17H17BrN4O3/c1-17(9-15(24)22(2)16(19)21-17)13-8-10(5-6-20-13)7-11(23)12-3-4-14(18)25-12/h3-6,8H,7,9H2,1-2H3,(H2,19,21). The van der Waals surface area contributed by atoms with Crippen molar-refractivity contribution in [1.29, 1.82) is 0 Å². The summed E-state index contributed by atoms with van der Waals surface area (Å²) >= 11 is 3.18. The number of ketones is 1. The molecule has 0 aliphatic carbocycles. The van der Waals surface area contributed by atoms with Crippen LogP contribution in [0.15, 0.2) is 44.5 Å². The highest BCUT2D eigenvalue weighted by molar-refractivity contribution is 9.10. The third-order valence-electron chi connectivity index (χ3n) is 4.16. The van der Waals surface area contributed by atoms with Crippen LogP contribution in [0.3, 0.4) is 0 Å². The Morgan fingerprint density at radius 3 is 2.84 bits per heavy atom. The number of guanidine groups is 1. The molecule has 0 radical (unpaired) electrons. The third-order valence-corrected chi connectivity index (χ3v) is 4.59. The molecule has 2 N–H and O–H groups in total. The molecule has 7 nitrogen and oxygen atoms in total. The number of pyridine rings is 1. The van der Waals surface area contributed by atoms with Crippen molar-refractivity contribution in [3.05, 3.63) is 52.1 Å². The van der Waals surface area contributed by atoms with Crippen molar-refractivity contribution in [2.45, 2.75) is 25.3 Å². The second-order valence-electron chi connectivity index (χ2n) is 6.13. The molecule has 3 heterocycles. The van der Waals surface area contributed by atoms with Gasteiger partial charge in [-0.15, -0.1) is 0 Å². The summed E-state index contributed by atoms with van der Waals surface area (Å²) in [6, 6.07) is 6.84. The molecule has 1 aliphatic heterocycles. The highest BCUT2D eigenvalue weighted by atomic mass is 79.9. The summed E-state index contributed by atoms with van der Waals surface area (Å²) in [4.78, 5) is 34.5. The largest absolute Gasteiger partial charge is 0.446 e. The van der Waals surface area contributed by atoms with Gasteiger partial charge in [0.25, 0.3) is 0 Å². The first kappa shape index (κ1) is 17.3. The maximum Gasteiger partial charge on any atom is 0.231 e. The number of hydrogen-bond acceptors (Lipinski definition) is 6. The number of nitrogens with zero attached hydrogens (tertiary/aromatic N) is 3. The molecule has 0 saturated carbocycles. The summed E-state index contributed by atoms with van der Waals surface area (Å²) in [6.07, 6.45) is 1.94. The minimum absolute atomic E-state index is 0.126. The van der Waals surface area contributed by atoms with Crippen LogP contribution in [0.5, 0.6) is 0 Å². The lowest BCUT2D eigenvalue weighted by Gasteiger charge is -2.32. The molecule has 2 aromatic rings. The van der Waals surface area contributed by atoms with Gasteiger partial charge in [-0.25, -0.2) is 4.99 Å². The van der Waals surface area contributed by atoms with Crippen LogP contribution < -0.4 is 5.73 Å². The van der Waals surface area contributed by atoms with E-state index in [0.717, 1.165) is 5.56 Å². The van der Waals surface area contributed by atoms with E-state index in [1.165, 1.54) is 4.90 Å². The number of Topliss-reactive ketones (excluding diaryl/α,β-unsaturated/α-hetero) is 1. The van der Waals surface area contributed by atoms with E-state index in [4.69, 9.17) is 10.2 Å². The van der Waals surface area contributed by atoms with Crippen molar-refractivity contribution in [2.24, 2.45) is 10.7 Å². The van der Waals surface area contributed by atoms with Crippen LogP contribution in [-0.4, -0.2) is 34.6 Å². The summed E-state index contributed by atoms with van der Waals surface area (Å²) < 4.78 is 5.79. The van der Waals surface area contributed by atoms with Crippen LogP contribution in [0.2, 0.25) is 0 Å². The van der Waals surface area contributed by atoms with E-state index < -0.39 is 5.54 Å². The number of rotatable bonds is 4. The van der Waals surface area contributed by atoms with Gasteiger partial charge < -0.3 is 10.2 Å². The number of aliphatic imine (C=N–C) groups is 1. The van der Waals surface area contributed by atoms with Gasteiger partial charge in [0.1, 0.15) is 5.54 Å². The Kier molecular flexibility index (Phi) is 4.47. The predicted molar refractivity (Wildman–Crippen MR) is 95.0 cm³/mol. The topological polar surface area (TPSA) is 102 Å². The molecule has 0 bridgehead atoms. The number of carbonyl (C=O) groups excluding carboxylic acids is 2. The summed E-state index contributed by atoms with van der Waals surface area (Å²) in [5.41, 5.74) is 6.36. The van der Waals surface area contributed by atoms with E-state index in [9.17, 15) is 9.59 Å². The Hall–Kier alpha value is -2.48. The van der Waals surface area contributed by atoms with Gasteiger partial charge in [0.15, 0.2) is 16.4 Å². The van der Waals surface area contributed by atoms with E-state index in [0.29, 0.717) is 10.4 Å². The molecule has 130 valence electrons. The number of aromatic nitrogens is 1. The second kappa shape index (κ2) is 6.44. The fraction of sp³-hybridized carbons (Fsp3) is 0.294. The van der Waals surface area contributed by atoms with E-state index in [1.54, 1.807) is 37.5 Å². The molecule has 25 heavy (non-hydrogen) atoms. The van der Waals surface area contributed by atoms with E-state index in [1.807, 2.05) is 6.92 Å². The fourth-order valence-electron chi connectivity index (χ4n) is 2.67. The van der Waals surface area contributed by atoms with Gasteiger partial charge >= 0.3 is 0 Å². The maximum absolute atomic E-state index is 12.3. The molecule has 3 rings (SSSR count). The van der Waals surface area contributed by atoms with Crippen molar-refractivity contribution in [1.82, 2.24) is 9.88 Å². The molecular formula is C17H17BrN4O3. The molecule has 0 spiro atoms. The maximum atomic E-state index is 12.3. The summed E-state index contributed by atoms with van der Waals surface area (Å²) in [5.74, 6) is 0.171. The van der Waals surface area contributed by atoms with E-state index >= 15 is 0 Å². The van der Waals surface area contributed by atoms with Crippen molar-refractivity contribution < 1.29 is 14.0 Å². The Bertz CT molecular complexity index is 876. The Morgan fingerprint density at radius 2 is 2.20 bits per heavy atom. The molecule has 2 aromatic heterocycles. The molecule has 1 aliphatic rings. The first-order valence-corrected chi connectivity index (χ1v) is 8.43. The van der Waals surface area contributed by atoms with Gasteiger partial charge in [-0.2, -0.15) is 0 Å². The van der Waals surface area contributed by atoms with E-state index in [-0.39, 0.29) is 36.3 Å². The number of amides is 1. The van der Waals surface area contributed by atoms with Gasteiger partial charge in [0.05, 0.1) is 12.1 Å². The number of halogens is 1. The zero-order valence-corrected chi connectivity index (χ0v) is 15.4. The normalized spacial score (nSPS) is 20.5. The Balaban J connectivity index is 1.87. The number of nitrogens with two attached hydrogens (primary N) is 1. The van der Waals surface area contributed by atoms with Crippen molar-refractivity contribution in [2.75, 3.05) is 7.05 Å². The first-order valence-electron chi connectivity index (χ1n) is 7.64. The highest BCUT2D eigenvalue weighted by Gasteiger charge is 2.37. The van der Waals surface area contributed by atoms with Crippen molar-refractivity contribution >= 4 is 33.6 Å². The van der Waals surface area contributed by atoms with Crippen LogP contribution in [-0.2, 0) is 16.8 Å². The van der Waals surface area contributed by atoms with Crippen LogP contribution in [0.25, 0.3) is 0 Å². The first-order chi connectivity index (χ1) is 11.8. The lowest BCUT2D eigenvalue weighted by Crippen LogP contribution is -2.47. The van der Waals surface area contributed by atoms with Crippen LogP contribution in [0.1, 0.15) is 35.2 Å². The fourth-order valence-corrected chi connectivity index (χ4v) is 2.98. The van der Waals surface area contributed by atoms with Crippen LogP contribution in [0, 0.1) is 0 Å². The van der Waals surface area contributed by atoms with Gasteiger partial charge in [-0.1, -0.05) is 0 Å². The van der Waals surface area contributed by atoms with Gasteiger partial charge in [-0.3, -0.25) is 19.5 Å². The highest BCUT2D eigenvalue weighted by Crippen LogP contribution is 2.32. The van der Waals surface area contributed by atoms with Gasteiger partial charge in [0.2, 0.25) is 11.7 Å². The predicted octanol–water partition coefficient (Wildman–Crippen LogP) is 2.25. The smallest absolute Gasteiger partial charge is 0.231 e. The van der Waals surface area contributed by atoms with E-state index in [2.05, 4.69) is 25.9 Å². The molecule has 0 aromatic carbocycles. The molecule has 1 atom stereocenters. The lowest BCUT2D eigenvalue weighted by molar-refractivity contribution is -0.128.